The van der Waals surface area contributed by atoms with Gasteiger partial charge in [-0.15, -0.1) is 12.4 Å². The van der Waals surface area contributed by atoms with Crippen LogP contribution in [0.4, 0.5) is 8.78 Å². The molecule has 4 nitrogen and oxygen atoms in total. The number of hydrogen-bond acceptors (Lipinski definition) is 3. The van der Waals surface area contributed by atoms with Crippen LogP contribution in [0.5, 0.6) is 0 Å². The van der Waals surface area contributed by atoms with E-state index in [4.69, 9.17) is 15.9 Å². The SMILES string of the molecule is CC(O)(C(F)F)C(N)C(=O)O.Cl. The van der Waals surface area contributed by atoms with Crippen molar-refractivity contribution in [3.8, 4) is 0 Å². The van der Waals surface area contributed by atoms with Crippen molar-refractivity contribution in [2.45, 2.75) is 25.0 Å². The van der Waals surface area contributed by atoms with Crippen LogP contribution in [0.1, 0.15) is 6.92 Å². The molecular formula is C5H10ClF2NO3. The van der Waals surface area contributed by atoms with Crippen LogP contribution in [-0.2, 0) is 4.79 Å². The number of aliphatic hydroxyl groups is 1. The van der Waals surface area contributed by atoms with Crippen molar-refractivity contribution < 1.29 is 23.8 Å². The summed E-state index contributed by atoms with van der Waals surface area (Å²) < 4.78 is 23.7. The van der Waals surface area contributed by atoms with Gasteiger partial charge in [-0.2, -0.15) is 0 Å². The summed E-state index contributed by atoms with van der Waals surface area (Å²) in [7, 11) is 0. The molecule has 0 saturated carbocycles. The molecule has 2 atom stereocenters. The van der Waals surface area contributed by atoms with Crippen LogP contribution in [0.3, 0.4) is 0 Å². The maximum atomic E-state index is 11.8. The first-order chi connectivity index (χ1) is 4.80. The van der Waals surface area contributed by atoms with Gasteiger partial charge in [0.05, 0.1) is 0 Å². The van der Waals surface area contributed by atoms with E-state index < -0.39 is 24.0 Å². The fraction of sp³-hybridized carbons (Fsp3) is 0.800. The second kappa shape index (κ2) is 4.54. The largest absolute Gasteiger partial charge is 0.480 e. The van der Waals surface area contributed by atoms with Crippen molar-refractivity contribution in [3.05, 3.63) is 0 Å². The molecule has 0 saturated heterocycles. The van der Waals surface area contributed by atoms with Gasteiger partial charge in [0.25, 0.3) is 6.43 Å². The molecule has 0 radical (unpaired) electrons. The number of hydrogen-bond donors (Lipinski definition) is 3. The van der Waals surface area contributed by atoms with Crippen LogP contribution in [-0.4, -0.2) is 34.3 Å². The number of rotatable bonds is 3. The summed E-state index contributed by atoms with van der Waals surface area (Å²) in [5.74, 6) is -1.66. The Balaban J connectivity index is 0. The van der Waals surface area contributed by atoms with Crippen LogP contribution >= 0.6 is 12.4 Å². The lowest BCUT2D eigenvalue weighted by Crippen LogP contribution is -2.55. The summed E-state index contributed by atoms with van der Waals surface area (Å²) in [4.78, 5) is 10.0. The van der Waals surface area contributed by atoms with E-state index in [0.717, 1.165) is 0 Å². The predicted octanol–water partition coefficient (Wildman–Crippen LogP) is -0.164. The minimum absolute atomic E-state index is 0. The van der Waals surface area contributed by atoms with Gasteiger partial charge in [0, 0.05) is 0 Å². The molecule has 0 aliphatic rings. The highest BCUT2D eigenvalue weighted by molar-refractivity contribution is 5.85. The van der Waals surface area contributed by atoms with E-state index in [0.29, 0.717) is 6.92 Å². The highest BCUT2D eigenvalue weighted by Gasteiger charge is 2.42. The molecule has 0 fully saturated rings. The van der Waals surface area contributed by atoms with Crippen molar-refractivity contribution in [1.82, 2.24) is 0 Å². The fourth-order valence-electron chi connectivity index (χ4n) is 0.386. The van der Waals surface area contributed by atoms with Gasteiger partial charge < -0.3 is 15.9 Å². The molecule has 74 valence electrons. The maximum absolute atomic E-state index is 11.8. The van der Waals surface area contributed by atoms with E-state index in [1.165, 1.54) is 0 Å². The number of alkyl halides is 2. The van der Waals surface area contributed by atoms with Crippen molar-refractivity contribution in [2.75, 3.05) is 0 Å². The van der Waals surface area contributed by atoms with Gasteiger partial charge in [-0.1, -0.05) is 0 Å². The zero-order valence-electron chi connectivity index (χ0n) is 6.20. The van der Waals surface area contributed by atoms with E-state index in [1.54, 1.807) is 0 Å². The molecule has 2 unspecified atom stereocenters. The number of carbonyl (C=O) groups is 1. The Labute approximate surface area is 73.8 Å². The van der Waals surface area contributed by atoms with Gasteiger partial charge in [0.15, 0.2) is 0 Å². The van der Waals surface area contributed by atoms with Crippen LogP contribution < -0.4 is 5.73 Å². The third kappa shape index (κ3) is 2.88. The monoisotopic (exact) mass is 205 g/mol. The van der Waals surface area contributed by atoms with Gasteiger partial charge in [-0.3, -0.25) is 4.79 Å². The van der Waals surface area contributed by atoms with Gasteiger partial charge in [-0.25, -0.2) is 8.78 Å². The molecule has 0 amide bonds. The Bertz CT molecular complexity index is 165. The molecule has 0 bridgehead atoms. The first-order valence-electron chi connectivity index (χ1n) is 2.79. The summed E-state index contributed by atoms with van der Waals surface area (Å²) in [6.07, 6.45) is -3.17. The Kier molecular flexibility index (Phi) is 5.33. The van der Waals surface area contributed by atoms with Crippen LogP contribution in [0.2, 0.25) is 0 Å². The topological polar surface area (TPSA) is 83.5 Å². The number of carboxylic acid groups (broad SMARTS) is 1. The standard InChI is InChI=1S/C5H9F2NO3.ClH/c1-5(11,4(6)7)2(8)3(9)10;/h2,4,11H,8H2,1H3,(H,9,10);1H. The van der Waals surface area contributed by atoms with Crippen molar-refractivity contribution in [2.24, 2.45) is 5.73 Å². The number of nitrogens with two attached hydrogens (primary N) is 1. The highest BCUT2D eigenvalue weighted by Crippen LogP contribution is 2.17. The Morgan fingerprint density at radius 3 is 2.00 bits per heavy atom. The lowest BCUT2D eigenvalue weighted by atomic mass is 9.98. The zero-order valence-corrected chi connectivity index (χ0v) is 7.02. The van der Waals surface area contributed by atoms with E-state index in [-0.39, 0.29) is 12.4 Å². The third-order valence-corrected chi connectivity index (χ3v) is 1.34. The van der Waals surface area contributed by atoms with E-state index in [1.807, 2.05) is 0 Å². The summed E-state index contributed by atoms with van der Waals surface area (Å²) in [6.45, 7) is 0.677. The Hall–Kier alpha value is -0.460. The normalized spacial score (nSPS) is 17.8. The zero-order chi connectivity index (χ0) is 9.23. The molecule has 4 N–H and O–H groups in total. The molecule has 12 heavy (non-hydrogen) atoms. The summed E-state index contributed by atoms with van der Waals surface area (Å²) >= 11 is 0. The van der Waals surface area contributed by atoms with Crippen molar-refractivity contribution >= 4 is 18.4 Å². The minimum atomic E-state index is -3.17. The lowest BCUT2D eigenvalue weighted by Gasteiger charge is -2.25. The van der Waals surface area contributed by atoms with Crippen LogP contribution in [0.25, 0.3) is 0 Å². The summed E-state index contributed by atoms with van der Waals surface area (Å²) in [5, 5.41) is 16.9. The predicted molar refractivity (Wildman–Crippen MR) is 39.5 cm³/mol. The Morgan fingerprint density at radius 1 is 1.58 bits per heavy atom. The fourth-order valence-corrected chi connectivity index (χ4v) is 0.386. The van der Waals surface area contributed by atoms with Gasteiger partial charge in [0.1, 0.15) is 11.6 Å². The number of halogens is 3. The molecular weight excluding hydrogens is 196 g/mol. The van der Waals surface area contributed by atoms with Crippen LogP contribution in [0.15, 0.2) is 0 Å². The Morgan fingerprint density at radius 2 is 1.92 bits per heavy atom. The van der Waals surface area contributed by atoms with E-state index in [2.05, 4.69) is 0 Å². The van der Waals surface area contributed by atoms with Crippen LogP contribution in [0, 0.1) is 0 Å². The molecule has 7 heteroatoms. The molecule has 0 aromatic heterocycles. The average molecular weight is 206 g/mol. The lowest BCUT2D eigenvalue weighted by molar-refractivity contribution is -0.155. The molecule has 0 rings (SSSR count). The van der Waals surface area contributed by atoms with Gasteiger partial charge >= 0.3 is 5.97 Å². The molecule has 0 aliphatic carbocycles. The quantitative estimate of drug-likeness (QED) is 0.598. The second-order valence-corrected chi connectivity index (χ2v) is 2.34. The van der Waals surface area contributed by atoms with Crippen molar-refractivity contribution in [1.29, 1.82) is 0 Å². The average Bonchev–Trinajstić information content (AvgIpc) is 1.85. The molecule has 0 heterocycles. The minimum Gasteiger partial charge on any atom is -0.480 e. The first kappa shape index (κ1) is 14.1. The highest BCUT2D eigenvalue weighted by atomic mass is 35.5. The van der Waals surface area contributed by atoms with Gasteiger partial charge in [-0.05, 0) is 6.92 Å². The second-order valence-electron chi connectivity index (χ2n) is 2.34. The third-order valence-electron chi connectivity index (χ3n) is 1.34. The number of aliphatic carboxylic acids is 1. The first-order valence-corrected chi connectivity index (χ1v) is 2.79. The van der Waals surface area contributed by atoms with E-state index >= 15 is 0 Å². The maximum Gasteiger partial charge on any atom is 0.323 e. The summed E-state index contributed by atoms with van der Waals surface area (Å²) in [6, 6.07) is -1.97. The molecule has 0 aliphatic heterocycles. The molecule has 0 aromatic carbocycles. The molecule has 0 aromatic rings. The molecule has 0 spiro atoms. The van der Waals surface area contributed by atoms with E-state index in [9.17, 15) is 13.6 Å². The smallest absolute Gasteiger partial charge is 0.323 e. The van der Waals surface area contributed by atoms with Crippen molar-refractivity contribution in [3.63, 3.8) is 0 Å². The summed E-state index contributed by atoms with van der Waals surface area (Å²) in [5.41, 5.74) is 2.09. The van der Waals surface area contributed by atoms with Gasteiger partial charge in [0.2, 0.25) is 0 Å². The number of carboxylic acids is 1.